The third-order valence-electron chi connectivity index (χ3n) is 4.77. The third-order valence-corrected chi connectivity index (χ3v) is 5.13. The lowest BCUT2D eigenvalue weighted by molar-refractivity contribution is 0.307. The number of aromatic amines is 1. The Morgan fingerprint density at radius 3 is 2.96 bits per heavy atom. The van der Waals surface area contributed by atoms with E-state index in [9.17, 15) is 0 Å². The number of likely N-dealkylation sites (tertiary alicyclic amines) is 1. The van der Waals surface area contributed by atoms with E-state index in [4.69, 9.17) is 17.2 Å². The van der Waals surface area contributed by atoms with E-state index >= 15 is 0 Å². The lowest BCUT2D eigenvalue weighted by Crippen LogP contribution is -2.41. The van der Waals surface area contributed by atoms with E-state index in [1.165, 1.54) is 5.56 Å². The molecule has 25 heavy (non-hydrogen) atoms. The summed E-state index contributed by atoms with van der Waals surface area (Å²) < 4.78 is 0. The van der Waals surface area contributed by atoms with E-state index in [2.05, 4.69) is 52.5 Å². The molecule has 2 N–H and O–H groups in total. The molecule has 4 rings (SSSR count). The zero-order chi connectivity index (χ0) is 17.2. The first-order valence-electron chi connectivity index (χ1n) is 8.76. The highest BCUT2D eigenvalue weighted by molar-refractivity contribution is 7.80. The van der Waals surface area contributed by atoms with Crippen molar-refractivity contribution in [3.8, 4) is 0 Å². The summed E-state index contributed by atoms with van der Waals surface area (Å²) in [7, 11) is 0. The van der Waals surface area contributed by atoms with Gasteiger partial charge in [0.25, 0.3) is 0 Å². The number of aryl methyl sites for hydroxylation is 1. The normalized spacial score (nSPS) is 17.6. The number of hydrogen-bond donors (Lipinski definition) is 2. The molecule has 0 spiro atoms. The van der Waals surface area contributed by atoms with Crippen molar-refractivity contribution in [1.82, 2.24) is 14.9 Å². The third kappa shape index (κ3) is 3.51. The minimum atomic E-state index is 0.387. The Morgan fingerprint density at radius 1 is 1.24 bits per heavy atom. The summed E-state index contributed by atoms with van der Waals surface area (Å²) in [5, 5.41) is 4.18. The molecule has 4 nitrogen and oxygen atoms in total. The quantitative estimate of drug-likeness (QED) is 0.670. The Balaban J connectivity index is 1.47. The number of imidazole rings is 1. The molecule has 1 fully saturated rings. The van der Waals surface area contributed by atoms with Crippen LogP contribution in [0.25, 0.3) is 11.0 Å². The number of para-hydroxylation sites is 2. The second-order valence-electron chi connectivity index (χ2n) is 6.72. The summed E-state index contributed by atoms with van der Waals surface area (Å²) in [5.41, 5.74) is 4.42. The fourth-order valence-corrected chi connectivity index (χ4v) is 3.76. The van der Waals surface area contributed by atoms with Gasteiger partial charge < -0.3 is 15.2 Å². The van der Waals surface area contributed by atoms with Crippen LogP contribution in [0.4, 0.5) is 5.69 Å². The molecule has 1 aromatic heterocycles. The van der Waals surface area contributed by atoms with E-state index in [1.807, 2.05) is 18.2 Å². The summed E-state index contributed by atoms with van der Waals surface area (Å²) >= 11 is 5.65. The number of nitrogens with zero attached hydrogens (tertiary/aromatic N) is 2. The number of piperidine rings is 1. The maximum Gasteiger partial charge on any atom is 0.173 e. The smallest absolute Gasteiger partial charge is 0.173 e. The van der Waals surface area contributed by atoms with Gasteiger partial charge in [-0.1, -0.05) is 24.3 Å². The van der Waals surface area contributed by atoms with Crippen molar-refractivity contribution in [2.45, 2.75) is 25.7 Å². The molecule has 5 heteroatoms. The Kier molecular flexibility index (Phi) is 4.40. The van der Waals surface area contributed by atoms with Gasteiger partial charge in [0.15, 0.2) is 5.11 Å². The van der Waals surface area contributed by atoms with Gasteiger partial charge in [0.2, 0.25) is 0 Å². The zero-order valence-electron chi connectivity index (χ0n) is 14.3. The minimum Gasteiger partial charge on any atom is -0.348 e. The van der Waals surface area contributed by atoms with Gasteiger partial charge in [-0.15, -0.1) is 0 Å². The van der Waals surface area contributed by atoms with E-state index in [0.29, 0.717) is 5.92 Å². The topological polar surface area (TPSA) is 44.0 Å². The summed E-state index contributed by atoms with van der Waals surface area (Å²) in [5.74, 6) is 1.46. The molecule has 2 heterocycles. The Bertz CT molecular complexity index is 868. The molecule has 0 aliphatic carbocycles. The van der Waals surface area contributed by atoms with Crippen molar-refractivity contribution in [2.75, 3.05) is 18.4 Å². The van der Waals surface area contributed by atoms with E-state index < -0.39 is 0 Å². The number of nitrogens with one attached hydrogen (secondary N) is 2. The van der Waals surface area contributed by atoms with Gasteiger partial charge >= 0.3 is 0 Å². The summed E-state index contributed by atoms with van der Waals surface area (Å²) in [6.45, 7) is 3.98. The van der Waals surface area contributed by atoms with Crippen LogP contribution in [-0.2, 0) is 0 Å². The number of rotatable bonds is 2. The number of thiocarbonyl (C=S) groups is 1. The number of H-pyrrole nitrogens is 1. The number of aromatic nitrogens is 2. The molecular formula is C20H22N4S. The Labute approximate surface area is 153 Å². The van der Waals surface area contributed by atoms with Crippen molar-refractivity contribution in [1.29, 1.82) is 0 Å². The Morgan fingerprint density at radius 2 is 2.12 bits per heavy atom. The van der Waals surface area contributed by atoms with Crippen molar-refractivity contribution in [3.05, 3.63) is 59.9 Å². The predicted octanol–water partition coefficient (Wildman–Crippen LogP) is 4.45. The molecule has 0 saturated carbocycles. The van der Waals surface area contributed by atoms with Crippen LogP contribution in [0.3, 0.4) is 0 Å². The van der Waals surface area contributed by atoms with Gasteiger partial charge in [-0.05, 0) is 61.8 Å². The van der Waals surface area contributed by atoms with Gasteiger partial charge in [0, 0.05) is 24.7 Å². The van der Waals surface area contributed by atoms with Crippen LogP contribution in [-0.4, -0.2) is 33.1 Å². The molecular weight excluding hydrogens is 328 g/mol. The van der Waals surface area contributed by atoms with Gasteiger partial charge in [-0.3, -0.25) is 0 Å². The highest BCUT2D eigenvalue weighted by atomic mass is 32.1. The fourth-order valence-electron chi connectivity index (χ4n) is 3.48. The van der Waals surface area contributed by atoms with Crippen LogP contribution in [0.1, 0.15) is 30.1 Å². The van der Waals surface area contributed by atoms with Crippen molar-refractivity contribution >= 4 is 34.1 Å². The van der Waals surface area contributed by atoms with E-state index in [1.54, 1.807) is 0 Å². The number of anilines is 1. The molecule has 1 aliphatic heterocycles. The van der Waals surface area contributed by atoms with Crippen molar-refractivity contribution < 1.29 is 0 Å². The van der Waals surface area contributed by atoms with Crippen molar-refractivity contribution in [2.24, 2.45) is 0 Å². The van der Waals surface area contributed by atoms with E-state index in [-0.39, 0.29) is 0 Å². The molecule has 1 atom stereocenters. The molecule has 0 radical (unpaired) electrons. The molecule has 0 bridgehead atoms. The van der Waals surface area contributed by atoms with Crippen LogP contribution in [0.15, 0.2) is 48.5 Å². The van der Waals surface area contributed by atoms with Gasteiger partial charge in [-0.25, -0.2) is 4.98 Å². The fraction of sp³-hybridized carbons (Fsp3) is 0.300. The zero-order valence-corrected chi connectivity index (χ0v) is 15.1. The molecule has 128 valence electrons. The highest BCUT2D eigenvalue weighted by Crippen LogP contribution is 2.27. The second kappa shape index (κ2) is 6.84. The first kappa shape index (κ1) is 16.1. The average molecular weight is 350 g/mol. The predicted molar refractivity (Wildman–Crippen MR) is 107 cm³/mol. The summed E-state index contributed by atoms with van der Waals surface area (Å²) in [6.07, 6.45) is 2.26. The molecule has 1 aliphatic rings. The first-order valence-corrected chi connectivity index (χ1v) is 9.17. The molecule has 0 unspecified atom stereocenters. The lowest BCUT2D eigenvalue weighted by atomic mass is 9.98. The van der Waals surface area contributed by atoms with Gasteiger partial charge in [0.05, 0.1) is 11.0 Å². The van der Waals surface area contributed by atoms with Gasteiger partial charge in [0.1, 0.15) is 5.82 Å². The van der Waals surface area contributed by atoms with Gasteiger partial charge in [-0.2, -0.15) is 0 Å². The Hall–Kier alpha value is -2.40. The average Bonchev–Trinajstić information content (AvgIpc) is 3.06. The standard InChI is InChI=1S/C20H22N4S/c1-14-6-4-8-16(12-14)21-20(25)24-11-5-7-15(13-24)19-22-17-9-2-3-10-18(17)23-19/h2-4,6,8-10,12,15H,5,7,11,13H2,1H3,(H,21,25)(H,22,23)/t15-/m0/s1. The molecule has 0 amide bonds. The second-order valence-corrected chi connectivity index (χ2v) is 7.11. The van der Waals surface area contributed by atoms with Crippen LogP contribution >= 0.6 is 12.2 Å². The maximum atomic E-state index is 5.65. The molecule has 1 saturated heterocycles. The van der Waals surface area contributed by atoms with Crippen LogP contribution < -0.4 is 5.32 Å². The SMILES string of the molecule is Cc1cccc(NC(=S)N2CCC[C@H](c3nc4ccccc4[nH]3)C2)c1. The largest absolute Gasteiger partial charge is 0.348 e. The molecule has 3 aromatic rings. The van der Waals surface area contributed by atoms with Crippen LogP contribution in [0, 0.1) is 6.92 Å². The maximum absolute atomic E-state index is 5.65. The first-order chi connectivity index (χ1) is 12.2. The lowest BCUT2D eigenvalue weighted by Gasteiger charge is -2.33. The number of benzene rings is 2. The van der Waals surface area contributed by atoms with Crippen LogP contribution in [0.5, 0.6) is 0 Å². The summed E-state index contributed by atoms with van der Waals surface area (Å²) in [6, 6.07) is 16.5. The minimum absolute atomic E-state index is 0.387. The number of hydrogen-bond acceptors (Lipinski definition) is 2. The van der Waals surface area contributed by atoms with Crippen molar-refractivity contribution in [3.63, 3.8) is 0 Å². The van der Waals surface area contributed by atoms with E-state index in [0.717, 1.165) is 53.6 Å². The highest BCUT2D eigenvalue weighted by Gasteiger charge is 2.25. The van der Waals surface area contributed by atoms with Crippen LogP contribution in [0.2, 0.25) is 0 Å². The molecule has 2 aromatic carbocycles. The monoisotopic (exact) mass is 350 g/mol. The summed E-state index contributed by atoms with van der Waals surface area (Å²) in [4.78, 5) is 10.5. The number of fused-ring (bicyclic) bond motifs is 1.